The van der Waals surface area contributed by atoms with Crippen LogP contribution in [0.5, 0.6) is 0 Å². The third-order valence-electron chi connectivity index (χ3n) is 2.79. The van der Waals surface area contributed by atoms with Crippen LogP contribution in [0.3, 0.4) is 0 Å². The molecule has 0 unspecified atom stereocenters. The summed E-state index contributed by atoms with van der Waals surface area (Å²) < 4.78 is 12.2. The van der Waals surface area contributed by atoms with Crippen molar-refractivity contribution in [2.24, 2.45) is 0 Å². The summed E-state index contributed by atoms with van der Waals surface area (Å²) in [6.45, 7) is 9.63. The lowest BCUT2D eigenvalue weighted by atomic mass is 10.1. The smallest absolute Gasteiger partial charge is 0.407 e. The van der Waals surface area contributed by atoms with Crippen molar-refractivity contribution in [3.05, 3.63) is 18.7 Å². The number of carbonyl (C=O) groups excluding carboxylic acids is 2. The third kappa shape index (κ3) is 6.60. The van der Waals surface area contributed by atoms with Crippen LogP contribution in [-0.2, 0) is 19.8 Å². The lowest BCUT2D eigenvalue weighted by Crippen LogP contribution is -2.35. The fourth-order valence-electron chi connectivity index (χ4n) is 1.60. The van der Waals surface area contributed by atoms with Crippen LogP contribution in [0.4, 0.5) is 4.79 Å². The highest BCUT2D eigenvalue weighted by atomic mass is 16.6. The van der Waals surface area contributed by atoms with Crippen LogP contribution < -0.4 is 5.32 Å². The number of amides is 1. The highest BCUT2D eigenvalue weighted by molar-refractivity contribution is 5.72. The average molecular weight is 311 g/mol. The number of carbonyl (C=O) groups is 2. The van der Waals surface area contributed by atoms with E-state index in [2.05, 4.69) is 10.3 Å². The zero-order chi connectivity index (χ0) is 16.8. The summed E-state index contributed by atoms with van der Waals surface area (Å²) in [5.74, 6) is -0.371. The number of alkyl carbamates (subject to hydrolysis) is 1. The van der Waals surface area contributed by atoms with Crippen LogP contribution in [-0.4, -0.2) is 40.4 Å². The number of nitrogens with one attached hydrogen (secondary N) is 1. The summed E-state index contributed by atoms with van der Waals surface area (Å²) in [7, 11) is 0. The zero-order valence-electron chi connectivity index (χ0n) is 13.9. The number of hydrogen-bond donors (Lipinski definition) is 1. The first kappa shape index (κ1) is 18.0. The molecule has 0 aliphatic heterocycles. The van der Waals surface area contributed by atoms with Gasteiger partial charge < -0.3 is 19.4 Å². The van der Waals surface area contributed by atoms with Crippen molar-refractivity contribution >= 4 is 12.1 Å². The quantitative estimate of drug-likeness (QED) is 0.813. The van der Waals surface area contributed by atoms with E-state index in [4.69, 9.17) is 9.47 Å². The first-order valence-corrected chi connectivity index (χ1v) is 7.21. The summed E-state index contributed by atoms with van der Waals surface area (Å²) in [4.78, 5) is 27.1. The first-order chi connectivity index (χ1) is 10.1. The van der Waals surface area contributed by atoms with E-state index >= 15 is 0 Å². The van der Waals surface area contributed by atoms with Crippen molar-refractivity contribution in [3.8, 4) is 0 Å². The summed E-state index contributed by atoms with van der Waals surface area (Å²) in [6.07, 6.45) is 4.72. The number of aromatic nitrogens is 2. The minimum Gasteiger partial charge on any atom is -0.463 e. The Hall–Kier alpha value is -2.05. The van der Waals surface area contributed by atoms with E-state index in [-0.39, 0.29) is 31.1 Å². The Labute approximate surface area is 131 Å². The third-order valence-corrected chi connectivity index (χ3v) is 2.79. The molecule has 124 valence electrons. The number of ether oxygens (including phenoxy) is 2. The highest BCUT2D eigenvalue weighted by Crippen LogP contribution is 2.14. The number of rotatable bonds is 6. The molecule has 0 aliphatic carbocycles. The topological polar surface area (TPSA) is 82.5 Å². The largest absolute Gasteiger partial charge is 0.463 e. The van der Waals surface area contributed by atoms with Gasteiger partial charge in [0.15, 0.2) is 0 Å². The monoisotopic (exact) mass is 311 g/mol. The van der Waals surface area contributed by atoms with Gasteiger partial charge >= 0.3 is 12.1 Å². The second kappa shape index (κ2) is 7.29. The molecule has 0 spiro atoms. The Morgan fingerprint density at radius 1 is 1.23 bits per heavy atom. The van der Waals surface area contributed by atoms with Gasteiger partial charge in [-0.05, 0) is 34.6 Å². The van der Waals surface area contributed by atoms with Crippen molar-refractivity contribution in [2.45, 2.75) is 52.2 Å². The first-order valence-electron chi connectivity index (χ1n) is 7.21. The van der Waals surface area contributed by atoms with E-state index in [0.717, 1.165) is 0 Å². The van der Waals surface area contributed by atoms with E-state index in [1.807, 2.05) is 24.6 Å². The van der Waals surface area contributed by atoms with Gasteiger partial charge in [-0.15, -0.1) is 0 Å². The molecule has 1 aromatic heterocycles. The second-order valence-corrected chi connectivity index (χ2v) is 6.62. The molecule has 7 nitrogen and oxygen atoms in total. The Morgan fingerprint density at radius 2 is 1.91 bits per heavy atom. The molecule has 7 heteroatoms. The summed E-state index contributed by atoms with van der Waals surface area (Å²) >= 11 is 0. The van der Waals surface area contributed by atoms with Crippen LogP contribution >= 0.6 is 0 Å². The Balaban J connectivity index is 2.26. The fraction of sp³-hybridized carbons (Fsp3) is 0.667. The molecular weight excluding hydrogens is 286 g/mol. The SMILES string of the molecule is CC(C)(C)OC(=O)NCCC(=O)OCC(C)(C)n1ccnc1. The Bertz CT molecular complexity index is 489. The van der Waals surface area contributed by atoms with E-state index in [1.54, 1.807) is 33.3 Å². The maximum Gasteiger partial charge on any atom is 0.407 e. The molecule has 0 saturated heterocycles. The summed E-state index contributed by atoms with van der Waals surface area (Å²) in [6, 6.07) is 0. The molecule has 1 heterocycles. The van der Waals surface area contributed by atoms with Crippen LogP contribution in [0.1, 0.15) is 41.0 Å². The Morgan fingerprint density at radius 3 is 2.45 bits per heavy atom. The van der Waals surface area contributed by atoms with Crippen molar-refractivity contribution in [1.29, 1.82) is 0 Å². The van der Waals surface area contributed by atoms with E-state index in [1.165, 1.54) is 0 Å². The summed E-state index contributed by atoms with van der Waals surface area (Å²) in [5, 5.41) is 2.52. The van der Waals surface area contributed by atoms with Crippen LogP contribution in [0.15, 0.2) is 18.7 Å². The van der Waals surface area contributed by atoms with Gasteiger partial charge in [-0.3, -0.25) is 4.79 Å². The van der Waals surface area contributed by atoms with Crippen molar-refractivity contribution in [1.82, 2.24) is 14.9 Å². The number of imidazole rings is 1. The lowest BCUT2D eigenvalue weighted by Gasteiger charge is -2.25. The molecule has 0 fully saturated rings. The van der Waals surface area contributed by atoms with Gasteiger partial charge in [0, 0.05) is 18.9 Å². The van der Waals surface area contributed by atoms with Crippen LogP contribution in [0.25, 0.3) is 0 Å². The summed E-state index contributed by atoms with van der Waals surface area (Å²) in [5.41, 5.74) is -0.926. The number of esters is 1. The molecule has 1 rings (SSSR count). The van der Waals surface area contributed by atoms with Gasteiger partial charge in [-0.25, -0.2) is 9.78 Å². The van der Waals surface area contributed by atoms with Gasteiger partial charge in [-0.2, -0.15) is 0 Å². The van der Waals surface area contributed by atoms with Gasteiger partial charge in [0.2, 0.25) is 0 Å². The Kier molecular flexibility index (Phi) is 5.96. The molecule has 0 radical (unpaired) electrons. The maximum atomic E-state index is 11.7. The minimum absolute atomic E-state index is 0.0965. The molecule has 0 atom stereocenters. The van der Waals surface area contributed by atoms with Crippen LogP contribution in [0.2, 0.25) is 0 Å². The molecule has 0 bridgehead atoms. The van der Waals surface area contributed by atoms with E-state index in [9.17, 15) is 9.59 Å². The average Bonchev–Trinajstić information content (AvgIpc) is 2.89. The zero-order valence-corrected chi connectivity index (χ0v) is 13.9. The molecule has 0 aliphatic rings. The van der Waals surface area contributed by atoms with Crippen LogP contribution in [0, 0.1) is 0 Å². The number of hydrogen-bond acceptors (Lipinski definition) is 5. The molecule has 22 heavy (non-hydrogen) atoms. The molecule has 1 aromatic rings. The predicted molar refractivity (Wildman–Crippen MR) is 81.4 cm³/mol. The van der Waals surface area contributed by atoms with Crippen molar-refractivity contribution in [3.63, 3.8) is 0 Å². The van der Waals surface area contributed by atoms with E-state index in [0.29, 0.717) is 0 Å². The van der Waals surface area contributed by atoms with Crippen molar-refractivity contribution < 1.29 is 19.1 Å². The molecule has 1 amide bonds. The molecule has 0 saturated carbocycles. The van der Waals surface area contributed by atoms with Gasteiger partial charge in [0.05, 0.1) is 18.3 Å². The normalized spacial score (nSPS) is 11.9. The van der Waals surface area contributed by atoms with Gasteiger partial charge in [0.25, 0.3) is 0 Å². The minimum atomic E-state index is -0.556. The second-order valence-electron chi connectivity index (χ2n) is 6.62. The lowest BCUT2D eigenvalue weighted by molar-refractivity contribution is -0.146. The van der Waals surface area contributed by atoms with E-state index < -0.39 is 11.7 Å². The molecule has 0 aromatic carbocycles. The van der Waals surface area contributed by atoms with Gasteiger partial charge in [0.1, 0.15) is 12.2 Å². The molecular formula is C15H25N3O4. The predicted octanol–water partition coefficient (Wildman–Crippen LogP) is 2.08. The fourth-order valence-corrected chi connectivity index (χ4v) is 1.60. The maximum absolute atomic E-state index is 11.7. The number of nitrogens with zero attached hydrogens (tertiary/aromatic N) is 2. The van der Waals surface area contributed by atoms with Crippen molar-refractivity contribution in [2.75, 3.05) is 13.2 Å². The van der Waals surface area contributed by atoms with Gasteiger partial charge in [-0.1, -0.05) is 0 Å². The molecule has 1 N–H and O–H groups in total. The highest BCUT2D eigenvalue weighted by Gasteiger charge is 2.22. The standard InChI is InChI=1S/C15H25N3O4/c1-14(2,3)22-13(20)17-7-6-12(19)21-10-15(4,5)18-9-8-16-11-18/h8-9,11H,6-7,10H2,1-5H3,(H,17,20).